The lowest BCUT2D eigenvalue weighted by Gasteiger charge is -2.14. The first-order valence-corrected chi connectivity index (χ1v) is 10.7. The first kappa shape index (κ1) is 23.2. The van der Waals surface area contributed by atoms with Crippen molar-refractivity contribution in [1.82, 2.24) is 5.32 Å². The second-order valence-electron chi connectivity index (χ2n) is 7.78. The van der Waals surface area contributed by atoms with E-state index in [2.05, 4.69) is 22.2 Å². The molecule has 1 aliphatic carbocycles. The fourth-order valence-electron chi connectivity index (χ4n) is 4.01. The van der Waals surface area contributed by atoms with Crippen LogP contribution in [0.5, 0.6) is 5.75 Å². The molecule has 0 aliphatic heterocycles. The van der Waals surface area contributed by atoms with Gasteiger partial charge in [0.15, 0.2) is 0 Å². The topological polar surface area (TPSA) is 73.6 Å². The van der Waals surface area contributed by atoms with Crippen molar-refractivity contribution in [3.05, 3.63) is 89.5 Å². The molecule has 4 rings (SSSR count). The van der Waals surface area contributed by atoms with E-state index in [1.165, 1.54) is 12.1 Å². The number of anilines is 1. The molecule has 0 saturated carbocycles. The predicted molar refractivity (Wildman–Crippen MR) is 124 cm³/mol. The normalized spacial score (nSPS) is 12.9. The van der Waals surface area contributed by atoms with E-state index < -0.39 is 12.5 Å². The first-order chi connectivity index (χ1) is 16.3. The van der Waals surface area contributed by atoms with Crippen molar-refractivity contribution in [1.29, 1.82) is 0 Å². The number of fused-ring (bicyclic) bond motifs is 3. The van der Waals surface area contributed by atoms with Gasteiger partial charge >= 0.3 is 12.5 Å². The largest absolute Gasteiger partial charge is 0.573 e. The van der Waals surface area contributed by atoms with Crippen LogP contribution >= 0.6 is 0 Å². The number of amides is 1. The maximum atomic E-state index is 12.4. The predicted octanol–water partition coefficient (Wildman–Crippen LogP) is 6.11. The van der Waals surface area contributed by atoms with Gasteiger partial charge in [-0.1, -0.05) is 60.7 Å². The summed E-state index contributed by atoms with van der Waals surface area (Å²) < 4.78 is 46.5. The van der Waals surface area contributed by atoms with Crippen molar-refractivity contribution < 1.29 is 27.4 Å². The van der Waals surface area contributed by atoms with Crippen LogP contribution in [0.1, 0.15) is 29.0 Å². The van der Waals surface area contributed by atoms with E-state index in [-0.39, 0.29) is 18.3 Å². The van der Waals surface area contributed by atoms with Crippen LogP contribution in [0.2, 0.25) is 0 Å². The number of alkyl carbamates (subject to hydrolysis) is 1. The Morgan fingerprint density at radius 1 is 1.00 bits per heavy atom. The fourth-order valence-corrected chi connectivity index (χ4v) is 4.01. The Hall–Kier alpha value is -3.94. The molecule has 1 aliphatic rings. The summed E-state index contributed by atoms with van der Waals surface area (Å²) in [6.07, 6.45) is -1.58. The zero-order chi connectivity index (χ0) is 24.1. The Balaban J connectivity index is 1.27. The minimum Gasteiger partial charge on any atom is -0.449 e. The molecule has 0 aromatic heterocycles. The van der Waals surface area contributed by atoms with Crippen molar-refractivity contribution in [3.8, 4) is 16.9 Å². The molecule has 5 nitrogen and oxygen atoms in total. The van der Waals surface area contributed by atoms with Gasteiger partial charge in [0.25, 0.3) is 0 Å². The Bertz CT molecular complexity index is 1160. The lowest BCUT2D eigenvalue weighted by atomic mass is 9.98. The van der Waals surface area contributed by atoms with Crippen LogP contribution in [-0.4, -0.2) is 25.6 Å². The number of nitrogens with one attached hydrogen (secondary N) is 1. The summed E-state index contributed by atoms with van der Waals surface area (Å²) in [5.74, 6) is -0.370. The zero-order valence-electron chi connectivity index (χ0n) is 18.1. The van der Waals surface area contributed by atoms with Crippen molar-refractivity contribution in [2.45, 2.75) is 18.7 Å². The number of carbonyl (C=O) groups is 1. The van der Waals surface area contributed by atoms with Crippen LogP contribution in [0.3, 0.4) is 0 Å². The van der Waals surface area contributed by atoms with Crippen LogP contribution in [0.25, 0.3) is 17.2 Å². The minimum absolute atomic E-state index is 0.0211. The maximum Gasteiger partial charge on any atom is 0.573 e. The third-order valence-electron chi connectivity index (χ3n) is 5.51. The number of alkyl halides is 3. The summed E-state index contributed by atoms with van der Waals surface area (Å²) in [7, 11) is 0. The number of halogens is 3. The highest BCUT2D eigenvalue weighted by Crippen LogP contribution is 2.44. The van der Waals surface area contributed by atoms with E-state index >= 15 is 0 Å². The molecule has 3 aromatic carbocycles. The van der Waals surface area contributed by atoms with Gasteiger partial charge < -0.3 is 20.5 Å². The van der Waals surface area contributed by atoms with Gasteiger partial charge in [-0.25, -0.2) is 4.79 Å². The quantitative estimate of drug-likeness (QED) is 0.324. The van der Waals surface area contributed by atoms with E-state index in [1.54, 1.807) is 12.2 Å². The van der Waals surface area contributed by atoms with Crippen molar-refractivity contribution in [3.63, 3.8) is 0 Å². The van der Waals surface area contributed by atoms with Crippen LogP contribution < -0.4 is 15.8 Å². The highest BCUT2D eigenvalue weighted by molar-refractivity contribution is 5.79. The number of carbonyl (C=O) groups excluding carboxylic acids is 1. The summed E-state index contributed by atoms with van der Waals surface area (Å²) in [5, 5.41) is 2.68. The summed E-state index contributed by atoms with van der Waals surface area (Å²) in [5.41, 5.74) is 11.1. The molecule has 0 heterocycles. The van der Waals surface area contributed by atoms with Crippen LogP contribution in [0.15, 0.2) is 72.8 Å². The molecule has 0 radical (unpaired) electrons. The molecule has 34 heavy (non-hydrogen) atoms. The smallest absolute Gasteiger partial charge is 0.449 e. The molecule has 1 amide bonds. The average molecular weight is 468 g/mol. The molecule has 0 atom stereocenters. The molecular formula is C26H23F3N2O3. The second-order valence-corrected chi connectivity index (χ2v) is 7.78. The number of rotatable bonds is 7. The number of hydrogen-bond donors (Lipinski definition) is 2. The SMILES string of the molecule is Nc1ccc(OC(F)(F)F)cc1C=CCCNC(=O)OCC1c2ccccc2-c2ccccc21. The number of benzene rings is 3. The first-order valence-electron chi connectivity index (χ1n) is 10.7. The van der Waals surface area contributed by atoms with E-state index in [4.69, 9.17) is 10.5 Å². The number of ether oxygens (including phenoxy) is 2. The monoisotopic (exact) mass is 468 g/mol. The average Bonchev–Trinajstić information content (AvgIpc) is 3.12. The van der Waals surface area contributed by atoms with Gasteiger partial charge in [0.05, 0.1) is 0 Å². The molecule has 8 heteroatoms. The highest BCUT2D eigenvalue weighted by Gasteiger charge is 2.31. The molecule has 3 aromatic rings. The number of hydrogen-bond acceptors (Lipinski definition) is 4. The summed E-state index contributed by atoms with van der Waals surface area (Å²) in [6, 6.07) is 19.9. The summed E-state index contributed by atoms with van der Waals surface area (Å²) >= 11 is 0. The highest BCUT2D eigenvalue weighted by atomic mass is 19.4. The lowest BCUT2D eigenvalue weighted by molar-refractivity contribution is -0.274. The number of nitrogens with two attached hydrogens (primary N) is 1. The Morgan fingerprint density at radius 2 is 1.65 bits per heavy atom. The molecule has 3 N–H and O–H groups in total. The molecule has 0 spiro atoms. The van der Waals surface area contributed by atoms with Gasteiger partial charge in [-0.15, -0.1) is 13.2 Å². The van der Waals surface area contributed by atoms with Gasteiger partial charge in [0.2, 0.25) is 0 Å². The summed E-state index contributed by atoms with van der Waals surface area (Å²) in [6.45, 7) is 0.518. The molecule has 0 bridgehead atoms. The fraction of sp³-hybridized carbons (Fsp3) is 0.192. The van der Waals surface area contributed by atoms with E-state index in [1.807, 2.05) is 36.4 Å². The van der Waals surface area contributed by atoms with Gasteiger partial charge in [0.1, 0.15) is 12.4 Å². The van der Waals surface area contributed by atoms with Crippen LogP contribution in [-0.2, 0) is 4.74 Å². The number of nitrogen functional groups attached to an aromatic ring is 1. The second kappa shape index (κ2) is 9.91. The molecule has 0 unspecified atom stereocenters. The van der Waals surface area contributed by atoms with E-state index in [0.29, 0.717) is 24.2 Å². The van der Waals surface area contributed by atoms with Gasteiger partial charge in [-0.3, -0.25) is 0 Å². The molecular weight excluding hydrogens is 445 g/mol. The molecule has 176 valence electrons. The van der Waals surface area contributed by atoms with Crippen molar-refractivity contribution in [2.24, 2.45) is 0 Å². The third kappa shape index (κ3) is 5.51. The van der Waals surface area contributed by atoms with Crippen LogP contribution in [0.4, 0.5) is 23.7 Å². The lowest BCUT2D eigenvalue weighted by Crippen LogP contribution is -2.26. The van der Waals surface area contributed by atoms with Gasteiger partial charge in [-0.05, 0) is 46.9 Å². The maximum absolute atomic E-state index is 12.4. The molecule has 0 fully saturated rings. The summed E-state index contributed by atoms with van der Waals surface area (Å²) in [4.78, 5) is 12.2. The zero-order valence-corrected chi connectivity index (χ0v) is 18.1. The van der Waals surface area contributed by atoms with Crippen LogP contribution in [0, 0.1) is 0 Å². The Kier molecular flexibility index (Phi) is 6.77. The van der Waals surface area contributed by atoms with Gasteiger partial charge in [-0.2, -0.15) is 0 Å². The van der Waals surface area contributed by atoms with Gasteiger partial charge in [0, 0.05) is 23.7 Å². The van der Waals surface area contributed by atoms with E-state index in [9.17, 15) is 18.0 Å². The molecule has 0 saturated heterocycles. The van der Waals surface area contributed by atoms with E-state index in [0.717, 1.165) is 28.3 Å². The minimum atomic E-state index is -4.77. The van der Waals surface area contributed by atoms with Crippen molar-refractivity contribution in [2.75, 3.05) is 18.9 Å². The Morgan fingerprint density at radius 3 is 2.29 bits per heavy atom. The standard InChI is InChI=1S/C26H23F3N2O3/c27-26(28,29)34-18-12-13-24(30)17(15-18)7-5-6-14-31-25(32)33-16-23-21-10-3-1-8-19(21)20-9-2-4-11-22(20)23/h1-5,7-13,15,23H,6,14,16,30H2,(H,31,32). The Labute approximate surface area is 195 Å². The third-order valence-corrected chi connectivity index (χ3v) is 5.51. The van der Waals surface area contributed by atoms with Crippen molar-refractivity contribution >= 4 is 17.9 Å².